The van der Waals surface area contributed by atoms with Crippen molar-refractivity contribution in [2.24, 2.45) is 0 Å². The number of nitrogens with zero attached hydrogens (tertiary/aromatic N) is 4. The molecule has 1 amide bonds. The number of nitrogens with one attached hydrogen (secondary N) is 1. The molecule has 0 atom stereocenters. The zero-order valence-corrected chi connectivity index (χ0v) is 12.3. The molecule has 3 aromatic rings. The molecule has 0 bridgehead atoms. The highest BCUT2D eigenvalue weighted by atomic mass is 19.4. The van der Waals surface area contributed by atoms with Crippen LogP contribution in [0.4, 0.5) is 13.2 Å². The van der Waals surface area contributed by atoms with E-state index in [1.807, 2.05) is 12.1 Å². The molecule has 0 spiro atoms. The molecule has 3 aromatic heterocycles. The van der Waals surface area contributed by atoms with Crippen molar-refractivity contribution in [2.75, 3.05) is 6.54 Å². The van der Waals surface area contributed by atoms with Gasteiger partial charge in [0.15, 0.2) is 5.65 Å². The van der Waals surface area contributed by atoms with Gasteiger partial charge in [0, 0.05) is 18.6 Å². The molecule has 3 heterocycles. The standard InChI is InChI=1S/C15H12F3N5O/c16-15(17,18)8-21-14(24)11-4-12-13(20-6-11)23(9-22-12)7-10-2-1-3-19-5-10/h1-6,9H,7-8H2,(H,21,24). The van der Waals surface area contributed by atoms with Gasteiger partial charge in [-0.3, -0.25) is 9.78 Å². The monoisotopic (exact) mass is 335 g/mol. The number of aromatic nitrogens is 4. The Morgan fingerprint density at radius 3 is 2.79 bits per heavy atom. The van der Waals surface area contributed by atoms with Crippen LogP contribution in [0.3, 0.4) is 0 Å². The lowest BCUT2D eigenvalue weighted by molar-refractivity contribution is -0.123. The van der Waals surface area contributed by atoms with Crippen LogP contribution in [0.15, 0.2) is 43.1 Å². The predicted octanol–water partition coefficient (Wildman–Crippen LogP) is 2.17. The number of rotatable bonds is 4. The lowest BCUT2D eigenvalue weighted by atomic mass is 10.2. The fourth-order valence-corrected chi connectivity index (χ4v) is 2.16. The minimum absolute atomic E-state index is 0.0263. The molecular weight excluding hydrogens is 323 g/mol. The van der Waals surface area contributed by atoms with Gasteiger partial charge in [-0.05, 0) is 17.7 Å². The summed E-state index contributed by atoms with van der Waals surface area (Å²) in [7, 11) is 0. The molecule has 0 aliphatic carbocycles. The second kappa shape index (κ2) is 6.26. The summed E-state index contributed by atoms with van der Waals surface area (Å²) in [5.74, 6) is -0.844. The Balaban J connectivity index is 1.79. The summed E-state index contributed by atoms with van der Waals surface area (Å²) in [4.78, 5) is 24.0. The van der Waals surface area contributed by atoms with Crippen molar-refractivity contribution in [3.05, 3.63) is 54.2 Å². The summed E-state index contributed by atoms with van der Waals surface area (Å²) < 4.78 is 38.2. The van der Waals surface area contributed by atoms with Crippen molar-refractivity contribution in [1.29, 1.82) is 0 Å². The van der Waals surface area contributed by atoms with Crippen molar-refractivity contribution < 1.29 is 18.0 Å². The first-order chi connectivity index (χ1) is 11.4. The second-order valence-corrected chi connectivity index (χ2v) is 5.10. The SMILES string of the molecule is O=C(NCC(F)(F)F)c1cnc2c(c1)ncn2Cc1cccnc1. The Kier molecular flexibility index (Phi) is 4.15. The minimum atomic E-state index is -4.46. The summed E-state index contributed by atoms with van der Waals surface area (Å²) in [6.07, 6.45) is 1.71. The molecule has 0 aromatic carbocycles. The number of fused-ring (bicyclic) bond motifs is 1. The molecule has 0 unspecified atom stereocenters. The van der Waals surface area contributed by atoms with E-state index in [1.54, 1.807) is 28.6 Å². The van der Waals surface area contributed by atoms with Gasteiger partial charge >= 0.3 is 6.18 Å². The smallest absolute Gasteiger partial charge is 0.343 e. The van der Waals surface area contributed by atoms with Crippen LogP contribution in [0, 0.1) is 0 Å². The number of hydrogen-bond donors (Lipinski definition) is 1. The van der Waals surface area contributed by atoms with Crippen molar-refractivity contribution >= 4 is 17.1 Å². The molecule has 24 heavy (non-hydrogen) atoms. The number of pyridine rings is 2. The Bertz CT molecular complexity index is 860. The maximum absolute atomic E-state index is 12.1. The highest BCUT2D eigenvalue weighted by Gasteiger charge is 2.28. The third kappa shape index (κ3) is 3.67. The van der Waals surface area contributed by atoms with Gasteiger partial charge in [-0.15, -0.1) is 0 Å². The van der Waals surface area contributed by atoms with E-state index in [2.05, 4.69) is 15.0 Å². The van der Waals surface area contributed by atoms with Crippen molar-refractivity contribution in [3.63, 3.8) is 0 Å². The minimum Gasteiger partial charge on any atom is -0.343 e. The fourth-order valence-electron chi connectivity index (χ4n) is 2.16. The van der Waals surface area contributed by atoms with E-state index in [-0.39, 0.29) is 5.56 Å². The van der Waals surface area contributed by atoms with E-state index < -0.39 is 18.6 Å². The summed E-state index contributed by atoms with van der Waals surface area (Å²) in [6.45, 7) is -0.893. The second-order valence-electron chi connectivity index (χ2n) is 5.10. The first-order valence-electron chi connectivity index (χ1n) is 6.97. The molecule has 124 valence electrons. The molecule has 0 fully saturated rings. The molecular formula is C15H12F3N5O. The largest absolute Gasteiger partial charge is 0.405 e. The van der Waals surface area contributed by atoms with E-state index >= 15 is 0 Å². The molecule has 6 nitrogen and oxygen atoms in total. The van der Waals surface area contributed by atoms with Gasteiger partial charge in [0.1, 0.15) is 12.1 Å². The summed E-state index contributed by atoms with van der Waals surface area (Å²) >= 11 is 0. The van der Waals surface area contributed by atoms with Crippen LogP contribution >= 0.6 is 0 Å². The molecule has 0 radical (unpaired) electrons. The average molecular weight is 335 g/mol. The first kappa shape index (κ1) is 15.9. The molecule has 0 aliphatic heterocycles. The van der Waals surface area contributed by atoms with Crippen LogP contribution in [0.1, 0.15) is 15.9 Å². The molecule has 1 N–H and O–H groups in total. The quantitative estimate of drug-likeness (QED) is 0.793. The van der Waals surface area contributed by atoms with E-state index in [1.165, 1.54) is 12.3 Å². The zero-order valence-electron chi connectivity index (χ0n) is 12.3. The van der Waals surface area contributed by atoms with Crippen molar-refractivity contribution in [3.8, 4) is 0 Å². The van der Waals surface area contributed by atoms with Gasteiger partial charge in [-0.25, -0.2) is 9.97 Å². The van der Waals surface area contributed by atoms with E-state index in [4.69, 9.17) is 0 Å². The molecule has 0 saturated carbocycles. The zero-order chi connectivity index (χ0) is 17.2. The molecule has 9 heteroatoms. The van der Waals surface area contributed by atoms with Crippen LogP contribution in [0.2, 0.25) is 0 Å². The van der Waals surface area contributed by atoms with Gasteiger partial charge in [-0.1, -0.05) is 6.07 Å². The van der Waals surface area contributed by atoms with Crippen LogP contribution in [0.25, 0.3) is 11.2 Å². The number of amides is 1. The van der Waals surface area contributed by atoms with Gasteiger partial charge in [0.2, 0.25) is 0 Å². The maximum atomic E-state index is 12.1. The normalized spacial score (nSPS) is 11.6. The third-order valence-corrected chi connectivity index (χ3v) is 3.24. The fraction of sp³-hybridized carbons (Fsp3) is 0.200. The van der Waals surface area contributed by atoms with Crippen molar-refractivity contribution in [1.82, 2.24) is 24.8 Å². The number of hydrogen-bond acceptors (Lipinski definition) is 4. The number of alkyl halides is 3. The Morgan fingerprint density at radius 1 is 1.25 bits per heavy atom. The Hall–Kier alpha value is -2.97. The maximum Gasteiger partial charge on any atom is 0.405 e. The highest BCUT2D eigenvalue weighted by molar-refractivity contribution is 5.96. The first-order valence-corrected chi connectivity index (χ1v) is 6.97. The van der Waals surface area contributed by atoms with Crippen molar-refractivity contribution in [2.45, 2.75) is 12.7 Å². The molecule has 3 rings (SSSR count). The lowest BCUT2D eigenvalue weighted by Crippen LogP contribution is -2.33. The van der Waals surface area contributed by atoms with Crippen LogP contribution in [-0.2, 0) is 6.54 Å². The Labute approximate surface area is 134 Å². The lowest BCUT2D eigenvalue weighted by Gasteiger charge is -2.08. The van der Waals surface area contributed by atoms with E-state index in [0.717, 1.165) is 5.56 Å². The van der Waals surface area contributed by atoms with Gasteiger partial charge in [0.25, 0.3) is 5.91 Å². The third-order valence-electron chi connectivity index (χ3n) is 3.24. The summed E-state index contributed by atoms with van der Waals surface area (Å²) in [5.41, 5.74) is 1.94. The molecule has 0 saturated heterocycles. The van der Waals surface area contributed by atoms with Gasteiger partial charge in [-0.2, -0.15) is 13.2 Å². The number of carbonyl (C=O) groups excluding carboxylic acids is 1. The highest BCUT2D eigenvalue weighted by Crippen LogP contribution is 2.15. The van der Waals surface area contributed by atoms with Gasteiger partial charge in [0.05, 0.1) is 18.4 Å². The van der Waals surface area contributed by atoms with Crippen LogP contribution < -0.4 is 5.32 Å². The van der Waals surface area contributed by atoms with E-state index in [9.17, 15) is 18.0 Å². The van der Waals surface area contributed by atoms with E-state index in [0.29, 0.717) is 17.7 Å². The Morgan fingerprint density at radius 2 is 2.08 bits per heavy atom. The van der Waals surface area contributed by atoms with Gasteiger partial charge < -0.3 is 9.88 Å². The average Bonchev–Trinajstić information content (AvgIpc) is 2.95. The summed E-state index contributed by atoms with van der Waals surface area (Å²) in [6, 6.07) is 5.12. The summed E-state index contributed by atoms with van der Waals surface area (Å²) in [5, 5.41) is 1.80. The number of halogens is 3. The number of imidazole rings is 1. The predicted molar refractivity (Wildman–Crippen MR) is 79.3 cm³/mol. The number of carbonyl (C=O) groups is 1. The van der Waals surface area contributed by atoms with Crippen LogP contribution in [-0.4, -0.2) is 38.1 Å². The topological polar surface area (TPSA) is 72.7 Å². The molecule has 0 aliphatic rings. The van der Waals surface area contributed by atoms with Crippen LogP contribution in [0.5, 0.6) is 0 Å².